The van der Waals surface area contributed by atoms with Crippen molar-refractivity contribution in [3.8, 4) is 11.1 Å². The van der Waals surface area contributed by atoms with Crippen molar-refractivity contribution in [3.05, 3.63) is 58.6 Å². The molecule has 2 aromatic rings. The second-order valence-corrected chi connectivity index (χ2v) is 11.3. The van der Waals surface area contributed by atoms with Crippen LogP contribution in [0.2, 0.25) is 5.02 Å². The first-order valence-corrected chi connectivity index (χ1v) is 14.3. The van der Waals surface area contributed by atoms with Crippen LogP contribution in [0.3, 0.4) is 0 Å². The zero-order valence-corrected chi connectivity index (χ0v) is 23.8. The number of benzene rings is 2. The zero-order valence-electron chi connectivity index (χ0n) is 22.2. The van der Waals surface area contributed by atoms with Crippen LogP contribution in [0.4, 0.5) is 18.9 Å². The summed E-state index contributed by atoms with van der Waals surface area (Å²) < 4.78 is 43.7. The predicted octanol–water partition coefficient (Wildman–Crippen LogP) is 5.68. The lowest BCUT2D eigenvalue weighted by molar-refractivity contribution is -0.132. The lowest BCUT2D eigenvalue weighted by Gasteiger charge is -2.45. The number of thioether (sulfide) groups is 1. The first kappa shape index (κ1) is 29.3. The molecule has 11 heteroatoms. The van der Waals surface area contributed by atoms with Crippen LogP contribution in [0, 0.1) is 17.0 Å². The molecule has 0 saturated carbocycles. The normalized spacial score (nSPS) is 21.2. The molecule has 6 nitrogen and oxygen atoms in total. The molecule has 210 valence electrons. The molecule has 1 fully saturated rings. The SMILES string of the molecule is C=CC(=O)N1C(C)CN(C(=N)c2cc(CF)c(-c3cc(Cl)c(F)cc3F)c3c2NCC(NCC)CS3)C[C@H]1C. The molecule has 1 saturated heterocycles. The van der Waals surface area contributed by atoms with Gasteiger partial charge in [0.25, 0.3) is 0 Å². The molecule has 2 aliphatic rings. The first-order chi connectivity index (χ1) is 18.6. The molecule has 4 rings (SSSR count). The molecule has 2 aliphatic heterocycles. The fourth-order valence-corrected chi connectivity index (χ4v) is 6.92. The Hall–Kier alpha value is -2.69. The van der Waals surface area contributed by atoms with E-state index in [9.17, 15) is 19.0 Å². The minimum absolute atomic E-state index is 0.0124. The van der Waals surface area contributed by atoms with Crippen molar-refractivity contribution in [1.82, 2.24) is 15.1 Å². The minimum atomic E-state index is -0.914. The van der Waals surface area contributed by atoms with Gasteiger partial charge >= 0.3 is 0 Å². The largest absolute Gasteiger partial charge is 0.382 e. The Labute approximate surface area is 236 Å². The number of amides is 1. The van der Waals surface area contributed by atoms with Crippen molar-refractivity contribution in [2.75, 3.05) is 37.2 Å². The van der Waals surface area contributed by atoms with Crippen LogP contribution in [0.15, 0.2) is 35.7 Å². The minimum Gasteiger partial charge on any atom is -0.382 e. The lowest BCUT2D eigenvalue weighted by Crippen LogP contribution is -2.59. The summed E-state index contributed by atoms with van der Waals surface area (Å²) in [5, 5.41) is 15.8. The number of rotatable bonds is 6. The Morgan fingerprint density at radius 1 is 1.26 bits per heavy atom. The molecule has 0 radical (unpaired) electrons. The molecule has 0 spiro atoms. The summed E-state index contributed by atoms with van der Waals surface area (Å²) in [6.07, 6.45) is 1.29. The third kappa shape index (κ3) is 5.78. The topological polar surface area (TPSA) is 71.5 Å². The van der Waals surface area contributed by atoms with Crippen molar-refractivity contribution < 1.29 is 18.0 Å². The summed E-state index contributed by atoms with van der Waals surface area (Å²) in [5.41, 5.74) is 1.59. The number of alkyl halides is 1. The van der Waals surface area contributed by atoms with Gasteiger partial charge in [-0.1, -0.05) is 25.1 Å². The number of fused-ring (bicyclic) bond motifs is 1. The maximum absolute atomic E-state index is 15.1. The van der Waals surface area contributed by atoms with Crippen LogP contribution in [0.5, 0.6) is 0 Å². The summed E-state index contributed by atoms with van der Waals surface area (Å²) in [6, 6.07) is 3.21. The number of anilines is 1. The Kier molecular flexibility index (Phi) is 9.18. The molecule has 0 bridgehead atoms. The number of hydrogen-bond acceptors (Lipinski definition) is 5. The summed E-state index contributed by atoms with van der Waals surface area (Å²) in [4.78, 5) is 16.6. The number of amidine groups is 1. The third-order valence-electron chi connectivity index (χ3n) is 7.15. The van der Waals surface area contributed by atoms with Crippen molar-refractivity contribution in [2.45, 2.75) is 50.5 Å². The monoisotopic (exact) mass is 579 g/mol. The smallest absolute Gasteiger partial charge is 0.246 e. The molecule has 39 heavy (non-hydrogen) atoms. The van der Waals surface area contributed by atoms with Crippen LogP contribution >= 0.6 is 23.4 Å². The number of nitrogens with zero attached hydrogens (tertiary/aromatic N) is 2. The van der Waals surface area contributed by atoms with Gasteiger partial charge in [0.15, 0.2) is 0 Å². The van der Waals surface area contributed by atoms with Crippen LogP contribution in [0.1, 0.15) is 31.9 Å². The van der Waals surface area contributed by atoms with E-state index >= 15 is 4.39 Å². The van der Waals surface area contributed by atoms with Gasteiger partial charge in [0.1, 0.15) is 24.1 Å². The lowest BCUT2D eigenvalue weighted by atomic mass is 9.94. The first-order valence-electron chi connectivity index (χ1n) is 12.9. The van der Waals surface area contributed by atoms with E-state index in [1.54, 1.807) is 11.0 Å². The second kappa shape index (κ2) is 12.2. The number of piperazine rings is 1. The van der Waals surface area contributed by atoms with Gasteiger partial charge in [-0.25, -0.2) is 13.2 Å². The highest BCUT2D eigenvalue weighted by Gasteiger charge is 2.35. The number of likely N-dealkylation sites (N-methyl/N-ethyl adjacent to an activating group) is 1. The average molecular weight is 580 g/mol. The summed E-state index contributed by atoms with van der Waals surface area (Å²) in [6.45, 7) is 10.7. The molecule has 3 N–H and O–H groups in total. The number of hydrogen-bond donors (Lipinski definition) is 3. The van der Waals surface area contributed by atoms with E-state index in [0.29, 0.717) is 53.2 Å². The maximum atomic E-state index is 15.1. The molecular weight excluding hydrogens is 547 g/mol. The number of carbonyl (C=O) groups is 1. The highest BCUT2D eigenvalue weighted by Crippen LogP contribution is 2.45. The van der Waals surface area contributed by atoms with Crippen molar-refractivity contribution in [3.63, 3.8) is 0 Å². The van der Waals surface area contributed by atoms with Gasteiger partial charge in [0, 0.05) is 71.2 Å². The van der Waals surface area contributed by atoms with E-state index in [4.69, 9.17) is 11.6 Å². The van der Waals surface area contributed by atoms with Crippen LogP contribution in [-0.2, 0) is 11.5 Å². The zero-order chi connectivity index (χ0) is 28.4. The second-order valence-electron chi connectivity index (χ2n) is 9.89. The average Bonchev–Trinajstić information content (AvgIpc) is 3.12. The summed E-state index contributed by atoms with van der Waals surface area (Å²) >= 11 is 7.46. The molecule has 2 unspecified atom stereocenters. The quantitative estimate of drug-likeness (QED) is 0.178. The molecule has 0 aromatic heterocycles. The van der Waals surface area contributed by atoms with E-state index < -0.39 is 18.3 Å². The van der Waals surface area contributed by atoms with Crippen molar-refractivity contribution in [1.29, 1.82) is 5.41 Å². The fourth-order valence-electron chi connectivity index (χ4n) is 5.44. The van der Waals surface area contributed by atoms with Gasteiger partial charge in [0.05, 0.1) is 10.7 Å². The summed E-state index contributed by atoms with van der Waals surface area (Å²) in [5.74, 6) is -1.08. The van der Waals surface area contributed by atoms with E-state index in [1.807, 2.05) is 25.7 Å². The van der Waals surface area contributed by atoms with E-state index in [2.05, 4.69) is 17.2 Å². The number of carbonyl (C=O) groups excluding carboxylic acids is 1. The Morgan fingerprint density at radius 2 is 1.95 bits per heavy atom. The van der Waals surface area contributed by atoms with Crippen molar-refractivity contribution in [2.24, 2.45) is 0 Å². The Bertz CT molecular complexity index is 1280. The van der Waals surface area contributed by atoms with Gasteiger partial charge in [-0.05, 0) is 44.2 Å². The molecule has 0 aliphatic carbocycles. The van der Waals surface area contributed by atoms with Gasteiger partial charge < -0.3 is 20.4 Å². The Balaban J connectivity index is 1.83. The molecule has 2 aromatic carbocycles. The summed E-state index contributed by atoms with van der Waals surface area (Å²) in [7, 11) is 0. The van der Waals surface area contributed by atoms with Crippen molar-refractivity contribution >= 4 is 40.8 Å². The molecule has 2 heterocycles. The number of halogens is 4. The van der Waals surface area contributed by atoms with Crippen LogP contribution < -0.4 is 10.6 Å². The van der Waals surface area contributed by atoms with E-state index in [0.717, 1.165) is 6.54 Å². The highest BCUT2D eigenvalue weighted by molar-refractivity contribution is 7.99. The van der Waals surface area contributed by atoms with Gasteiger partial charge in [-0.2, -0.15) is 0 Å². The molecular formula is C28H33ClF3N5OS. The van der Waals surface area contributed by atoms with Gasteiger partial charge in [-0.15, -0.1) is 11.8 Å². The van der Waals surface area contributed by atoms with E-state index in [1.165, 1.54) is 23.9 Å². The predicted molar refractivity (Wildman–Crippen MR) is 153 cm³/mol. The van der Waals surface area contributed by atoms with Crippen LogP contribution in [-0.4, -0.2) is 71.6 Å². The standard InChI is InChI=1S/C28H33ClF3N5OS/c1-5-24(38)37-15(3)12-36(13-16(37)4)28(33)20-7-17(10-30)25(19-8-21(29)23(32)9-22(19)31)27-26(20)35-11-18(14-39-27)34-6-2/h5,7-9,15-16,18,33-35H,1,6,10-14H2,2-4H3/t15-,16?,18?/m1/s1. The van der Waals surface area contributed by atoms with Gasteiger partial charge in [0.2, 0.25) is 5.91 Å². The molecule has 3 atom stereocenters. The third-order valence-corrected chi connectivity index (χ3v) is 8.71. The Morgan fingerprint density at radius 3 is 2.56 bits per heavy atom. The van der Waals surface area contributed by atoms with Crippen LogP contribution in [0.25, 0.3) is 11.1 Å². The van der Waals surface area contributed by atoms with E-state index in [-0.39, 0.29) is 46.0 Å². The fraction of sp³-hybridized carbons (Fsp3) is 0.429. The maximum Gasteiger partial charge on any atom is 0.246 e. The number of nitrogens with one attached hydrogen (secondary N) is 3. The highest BCUT2D eigenvalue weighted by atomic mass is 35.5. The van der Waals surface area contributed by atoms with Gasteiger partial charge in [-0.3, -0.25) is 10.2 Å². The molecule has 1 amide bonds.